The Morgan fingerprint density at radius 3 is 2.83 bits per heavy atom. The number of carbonyl (C=O) groups is 1. The number of carbonyl (C=O) groups excluding carboxylic acids is 1. The predicted octanol–water partition coefficient (Wildman–Crippen LogP) is -0.293. The smallest absolute Gasteiger partial charge is 0.251 e. The second kappa shape index (κ2) is 3.87. The van der Waals surface area contributed by atoms with Crippen molar-refractivity contribution in [2.75, 3.05) is 13.6 Å². The third-order valence-corrected chi connectivity index (χ3v) is 2.66. The number of nitrogens with one attached hydrogen (secondary N) is 1. The van der Waals surface area contributed by atoms with Gasteiger partial charge in [-0.2, -0.15) is 0 Å². The molecular weight excluding hydrogens is 154 g/mol. The van der Waals surface area contributed by atoms with Gasteiger partial charge in [-0.05, 0) is 19.4 Å². The van der Waals surface area contributed by atoms with Gasteiger partial charge >= 0.3 is 0 Å². The van der Waals surface area contributed by atoms with Crippen molar-refractivity contribution in [3.8, 4) is 0 Å². The fourth-order valence-corrected chi connectivity index (χ4v) is 1.80. The van der Waals surface area contributed by atoms with Crippen LogP contribution in [0.2, 0.25) is 0 Å². The number of nitrogens with two attached hydrogens (primary N) is 1. The van der Waals surface area contributed by atoms with Gasteiger partial charge in [-0.1, -0.05) is 13.3 Å². The van der Waals surface area contributed by atoms with E-state index in [0.717, 1.165) is 19.4 Å². The molecule has 1 aliphatic heterocycles. The molecular formula is C8H17N3O. The molecule has 70 valence electrons. The topological polar surface area (TPSA) is 58.4 Å². The molecule has 1 rings (SSSR count). The minimum absolute atomic E-state index is 0.0139. The first-order valence-electron chi connectivity index (χ1n) is 4.39. The third kappa shape index (κ3) is 1.76. The van der Waals surface area contributed by atoms with Crippen molar-refractivity contribution >= 4 is 5.91 Å². The number of rotatable bonds is 2. The summed E-state index contributed by atoms with van der Waals surface area (Å²) in [6, 6.07) is -0.0139. The number of amides is 1. The Morgan fingerprint density at radius 1 is 1.75 bits per heavy atom. The molecule has 0 saturated carbocycles. The maximum Gasteiger partial charge on any atom is 0.251 e. The molecule has 0 aromatic carbocycles. The van der Waals surface area contributed by atoms with Gasteiger partial charge in [0.1, 0.15) is 0 Å². The second-order valence-corrected chi connectivity index (χ2v) is 3.47. The predicted molar refractivity (Wildman–Crippen MR) is 47.1 cm³/mol. The minimum atomic E-state index is -0.0616. The van der Waals surface area contributed by atoms with Crippen LogP contribution in [0.15, 0.2) is 0 Å². The fourth-order valence-electron chi connectivity index (χ4n) is 1.80. The number of likely N-dealkylation sites (N-methyl/N-ethyl adjacent to an activating group) is 1. The van der Waals surface area contributed by atoms with Crippen molar-refractivity contribution in [3.63, 3.8) is 0 Å². The monoisotopic (exact) mass is 171 g/mol. The molecule has 4 heteroatoms. The van der Waals surface area contributed by atoms with Crippen LogP contribution in [0.5, 0.6) is 0 Å². The van der Waals surface area contributed by atoms with Gasteiger partial charge in [-0.15, -0.1) is 0 Å². The Labute approximate surface area is 73.1 Å². The molecule has 1 amide bonds. The van der Waals surface area contributed by atoms with Gasteiger partial charge in [-0.3, -0.25) is 15.1 Å². The van der Waals surface area contributed by atoms with Crippen molar-refractivity contribution in [1.82, 2.24) is 10.3 Å². The first-order valence-corrected chi connectivity index (χ1v) is 4.39. The summed E-state index contributed by atoms with van der Waals surface area (Å²) >= 11 is 0. The molecule has 0 unspecified atom stereocenters. The quantitative estimate of drug-likeness (QED) is 0.341. The first kappa shape index (κ1) is 9.48. The molecule has 1 saturated heterocycles. The molecule has 12 heavy (non-hydrogen) atoms. The highest BCUT2D eigenvalue weighted by Crippen LogP contribution is 2.23. The van der Waals surface area contributed by atoms with Gasteiger partial charge in [-0.25, -0.2) is 5.84 Å². The highest BCUT2D eigenvalue weighted by Gasteiger charge is 2.32. The molecule has 0 aliphatic carbocycles. The van der Waals surface area contributed by atoms with Crippen molar-refractivity contribution in [3.05, 3.63) is 0 Å². The van der Waals surface area contributed by atoms with E-state index in [1.54, 1.807) is 0 Å². The van der Waals surface area contributed by atoms with Gasteiger partial charge in [0.2, 0.25) is 0 Å². The zero-order valence-electron chi connectivity index (χ0n) is 7.71. The Bertz CT molecular complexity index is 172. The summed E-state index contributed by atoms with van der Waals surface area (Å²) in [5.41, 5.74) is 2.20. The van der Waals surface area contributed by atoms with E-state index in [1.165, 1.54) is 0 Å². The standard InChI is InChI=1S/C8H17N3O/c1-3-6-4-7(8(12)10-9)11(2)5-6/h6-7H,3-5,9H2,1-2H3,(H,10,12)/t6-,7-/m0/s1. The third-order valence-electron chi connectivity index (χ3n) is 2.66. The SMILES string of the molecule is CC[C@H]1C[C@@H](C(=O)NN)N(C)C1. The van der Waals surface area contributed by atoms with Crippen LogP contribution in [0, 0.1) is 5.92 Å². The summed E-state index contributed by atoms with van der Waals surface area (Å²) in [5.74, 6) is 5.66. The van der Waals surface area contributed by atoms with E-state index in [9.17, 15) is 4.79 Å². The van der Waals surface area contributed by atoms with Gasteiger partial charge in [0.25, 0.3) is 5.91 Å². The molecule has 0 radical (unpaired) electrons. The van der Waals surface area contributed by atoms with E-state index >= 15 is 0 Å². The van der Waals surface area contributed by atoms with Crippen LogP contribution in [-0.4, -0.2) is 30.4 Å². The van der Waals surface area contributed by atoms with Crippen LogP contribution in [0.1, 0.15) is 19.8 Å². The number of likely N-dealkylation sites (tertiary alicyclic amines) is 1. The summed E-state index contributed by atoms with van der Waals surface area (Å²) in [7, 11) is 1.97. The molecule has 0 aromatic heterocycles. The molecule has 4 nitrogen and oxygen atoms in total. The lowest BCUT2D eigenvalue weighted by atomic mass is 10.0. The molecule has 3 N–H and O–H groups in total. The van der Waals surface area contributed by atoms with Crippen LogP contribution >= 0.6 is 0 Å². The number of hydrogen-bond donors (Lipinski definition) is 2. The summed E-state index contributed by atoms with van der Waals surface area (Å²) in [6.07, 6.45) is 2.08. The average molecular weight is 171 g/mol. The van der Waals surface area contributed by atoms with E-state index in [-0.39, 0.29) is 11.9 Å². The normalized spacial score (nSPS) is 30.6. The van der Waals surface area contributed by atoms with E-state index in [1.807, 2.05) is 7.05 Å². The van der Waals surface area contributed by atoms with Crippen LogP contribution in [-0.2, 0) is 4.79 Å². The van der Waals surface area contributed by atoms with E-state index < -0.39 is 0 Å². The summed E-state index contributed by atoms with van der Waals surface area (Å²) in [4.78, 5) is 13.3. The van der Waals surface area contributed by atoms with Gasteiger partial charge in [0.05, 0.1) is 6.04 Å². The molecule has 1 fully saturated rings. The van der Waals surface area contributed by atoms with Crippen LogP contribution < -0.4 is 11.3 Å². The fraction of sp³-hybridized carbons (Fsp3) is 0.875. The average Bonchev–Trinajstić information content (AvgIpc) is 2.45. The Hall–Kier alpha value is -0.610. The molecule has 0 aromatic rings. The van der Waals surface area contributed by atoms with Gasteiger partial charge in [0.15, 0.2) is 0 Å². The number of hydrogen-bond acceptors (Lipinski definition) is 3. The van der Waals surface area contributed by atoms with Gasteiger partial charge in [0, 0.05) is 6.54 Å². The lowest BCUT2D eigenvalue weighted by Crippen LogP contribution is -2.44. The lowest BCUT2D eigenvalue weighted by Gasteiger charge is -2.16. The zero-order valence-corrected chi connectivity index (χ0v) is 7.71. The van der Waals surface area contributed by atoms with Crippen molar-refractivity contribution in [1.29, 1.82) is 0 Å². The summed E-state index contributed by atoms with van der Waals surface area (Å²) in [5, 5.41) is 0. The maximum atomic E-state index is 11.2. The van der Waals surface area contributed by atoms with Crippen LogP contribution in [0.4, 0.5) is 0 Å². The first-order chi connectivity index (χ1) is 5.69. The molecule has 0 bridgehead atoms. The number of hydrazine groups is 1. The second-order valence-electron chi connectivity index (χ2n) is 3.47. The largest absolute Gasteiger partial charge is 0.295 e. The van der Waals surface area contributed by atoms with E-state index in [2.05, 4.69) is 17.2 Å². The highest BCUT2D eigenvalue weighted by molar-refractivity contribution is 5.81. The zero-order chi connectivity index (χ0) is 9.14. The van der Waals surface area contributed by atoms with Gasteiger partial charge < -0.3 is 0 Å². The summed E-state index contributed by atoms with van der Waals surface area (Å²) in [6.45, 7) is 3.16. The van der Waals surface area contributed by atoms with Crippen molar-refractivity contribution in [2.45, 2.75) is 25.8 Å². The van der Waals surface area contributed by atoms with Crippen LogP contribution in [0.25, 0.3) is 0 Å². The molecule has 1 heterocycles. The molecule has 2 atom stereocenters. The molecule has 0 spiro atoms. The Kier molecular flexibility index (Phi) is 3.05. The Morgan fingerprint density at radius 2 is 2.42 bits per heavy atom. The van der Waals surface area contributed by atoms with Crippen molar-refractivity contribution < 1.29 is 4.79 Å². The van der Waals surface area contributed by atoms with Crippen molar-refractivity contribution in [2.24, 2.45) is 11.8 Å². The minimum Gasteiger partial charge on any atom is -0.295 e. The Balaban J connectivity index is 2.51. The number of nitrogens with zero attached hydrogens (tertiary/aromatic N) is 1. The maximum absolute atomic E-state index is 11.2. The van der Waals surface area contributed by atoms with E-state index in [4.69, 9.17) is 5.84 Å². The van der Waals surface area contributed by atoms with E-state index in [0.29, 0.717) is 5.92 Å². The highest BCUT2D eigenvalue weighted by atomic mass is 16.2. The lowest BCUT2D eigenvalue weighted by molar-refractivity contribution is -0.125. The van der Waals surface area contributed by atoms with Crippen LogP contribution in [0.3, 0.4) is 0 Å². The summed E-state index contributed by atoms with van der Waals surface area (Å²) < 4.78 is 0. The molecule has 1 aliphatic rings.